The minimum Gasteiger partial charge on any atom is -0.507 e. The molecular formula is C25H20ClN5O5S. The number of methoxy groups -OCH3 is 1. The van der Waals surface area contributed by atoms with E-state index < -0.39 is 11.5 Å². The van der Waals surface area contributed by atoms with E-state index in [1.54, 1.807) is 6.07 Å². The van der Waals surface area contributed by atoms with Crippen LogP contribution in [0.2, 0.25) is 4.34 Å². The molecule has 2 N–H and O–H groups in total. The molecule has 37 heavy (non-hydrogen) atoms. The minimum absolute atomic E-state index is 0.164. The van der Waals surface area contributed by atoms with Crippen LogP contribution in [-0.4, -0.2) is 37.6 Å². The zero-order valence-electron chi connectivity index (χ0n) is 19.4. The first-order valence-electron chi connectivity index (χ1n) is 11.0. The molecule has 0 fully saturated rings. The van der Waals surface area contributed by atoms with E-state index in [0.717, 1.165) is 21.2 Å². The van der Waals surface area contributed by atoms with Gasteiger partial charge in [-0.15, -0.1) is 11.3 Å². The predicted octanol–water partition coefficient (Wildman–Crippen LogP) is 4.48. The Morgan fingerprint density at radius 2 is 2.05 bits per heavy atom. The molecule has 0 spiro atoms. The number of nitrogens with one attached hydrogen (secondary N) is 1. The SMILES string of the molecule is COc1c(-c2cn(Cc3ccccc3)c(=O)cc2O)nn(C(=O)c2cnoc2)c1NCc1ccc(Cl)s1. The molecule has 0 unspecified atom stereocenters. The summed E-state index contributed by atoms with van der Waals surface area (Å²) in [7, 11) is 1.43. The van der Waals surface area contributed by atoms with Crippen molar-refractivity contribution in [1.29, 1.82) is 0 Å². The van der Waals surface area contributed by atoms with Gasteiger partial charge in [-0.05, 0) is 17.7 Å². The minimum atomic E-state index is -0.533. The normalized spacial score (nSPS) is 11.0. The maximum Gasteiger partial charge on any atom is 0.285 e. The second-order valence-corrected chi connectivity index (χ2v) is 9.74. The second kappa shape index (κ2) is 10.3. The summed E-state index contributed by atoms with van der Waals surface area (Å²) in [6.07, 6.45) is 3.97. The largest absolute Gasteiger partial charge is 0.507 e. The van der Waals surface area contributed by atoms with E-state index in [2.05, 4.69) is 15.6 Å². The molecule has 12 heteroatoms. The number of carbonyl (C=O) groups excluding carboxylic acids is 1. The fraction of sp³-hybridized carbons (Fsp3) is 0.120. The number of ether oxygens (including phenoxy) is 1. The highest BCUT2D eigenvalue weighted by Crippen LogP contribution is 2.40. The van der Waals surface area contributed by atoms with Gasteiger partial charge in [0.05, 0.1) is 36.3 Å². The molecule has 5 aromatic rings. The van der Waals surface area contributed by atoms with Crippen molar-refractivity contribution in [2.45, 2.75) is 13.1 Å². The van der Waals surface area contributed by atoms with Gasteiger partial charge in [-0.3, -0.25) is 9.59 Å². The molecule has 5 rings (SSSR count). The van der Waals surface area contributed by atoms with Gasteiger partial charge in [-0.2, -0.15) is 9.78 Å². The quantitative estimate of drug-likeness (QED) is 0.297. The Labute approximate surface area is 219 Å². The Hall–Kier alpha value is -4.35. The molecule has 0 aliphatic rings. The van der Waals surface area contributed by atoms with Crippen LogP contribution in [0, 0.1) is 0 Å². The van der Waals surface area contributed by atoms with E-state index in [4.69, 9.17) is 20.9 Å². The van der Waals surface area contributed by atoms with E-state index in [1.807, 2.05) is 36.4 Å². The lowest BCUT2D eigenvalue weighted by Crippen LogP contribution is -2.19. The summed E-state index contributed by atoms with van der Waals surface area (Å²) in [5, 5.41) is 22.0. The Kier molecular flexibility index (Phi) is 6.80. The van der Waals surface area contributed by atoms with E-state index in [9.17, 15) is 14.7 Å². The molecule has 188 valence electrons. The van der Waals surface area contributed by atoms with E-state index in [0.29, 0.717) is 10.9 Å². The number of aromatic nitrogens is 4. The van der Waals surface area contributed by atoms with Gasteiger partial charge < -0.3 is 24.3 Å². The van der Waals surface area contributed by atoms with Crippen LogP contribution in [0.5, 0.6) is 11.5 Å². The standard InChI is InChI=1S/C25H20ClN5O5S/c1-35-23-22(18-13-30(21(33)9-19(18)32)12-15-5-3-2-4-6-15)29-31(25(34)16-10-28-36-14-16)24(23)27-11-17-7-8-20(26)37-17/h2-10,13-14,27,32H,11-12H2,1H3. The van der Waals surface area contributed by atoms with Crippen molar-refractivity contribution in [2.75, 3.05) is 12.4 Å². The Balaban J connectivity index is 1.61. The van der Waals surface area contributed by atoms with Crippen LogP contribution in [0.4, 0.5) is 5.82 Å². The number of anilines is 1. The molecule has 4 aromatic heterocycles. The average molecular weight is 538 g/mol. The number of hydrogen-bond acceptors (Lipinski definition) is 9. The fourth-order valence-corrected chi connectivity index (χ4v) is 4.80. The molecule has 0 radical (unpaired) electrons. The third-order valence-electron chi connectivity index (χ3n) is 5.53. The number of hydrogen-bond donors (Lipinski definition) is 2. The van der Waals surface area contributed by atoms with Crippen molar-refractivity contribution >= 4 is 34.7 Å². The maximum atomic E-state index is 13.3. The highest BCUT2D eigenvalue weighted by Gasteiger charge is 2.27. The van der Waals surface area contributed by atoms with Crippen LogP contribution in [0.15, 0.2) is 76.5 Å². The van der Waals surface area contributed by atoms with Crippen LogP contribution >= 0.6 is 22.9 Å². The molecule has 1 aromatic carbocycles. The van der Waals surface area contributed by atoms with Gasteiger partial charge in [-0.1, -0.05) is 47.1 Å². The first-order chi connectivity index (χ1) is 17.9. The summed E-state index contributed by atoms with van der Waals surface area (Å²) in [6.45, 7) is 0.606. The van der Waals surface area contributed by atoms with Gasteiger partial charge in [0.15, 0.2) is 11.6 Å². The molecule has 0 atom stereocenters. The van der Waals surface area contributed by atoms with Crippen molar-refractivity contribution in [1.82, 2.24) is 19.5 Å². The highest BCUT2D eigenvalue weighted by atomic mass is 35.5. The van der Waals surface area contributed by atoms with Gasteiger partial charge in [0, 0.05) is 17.1 Å². The lowest BCUT2D eigenvalue weighted by molar-refractivity contribution is 0.0947. The number of aromatic hydroxyl groups is 1. The number of nitrogens with zero attached hydrogens (tertiary/aromatic N) is 4. The van der Waals surface area contributed by atoms with Crippen molar-refractivity contribution < 1.29 is 19.2 Å². The molecular weight excluding hydrogens is 518 g/mol. The lowest BCUT2D eigenvalue weighted by atomic mass is 10.1. The number of carbonyl (C=O) groups is 1. The van der Waals surface area contributed by atoms with E-state index in [1.165, 1.54) is 41.7 Å². The van der Waals surface area contributed by atoms with Crippen molar-refractivity contribution in [3.05, 3.63) is 97.9 Å². The lowest BCUT2D eigenvalue weighted by Gasteiger charge is -2.11. The molecule has 0 bridgehead atoms. The maximum absolute atomic E-state index is 13.3. The smallest absolute Gasteiger partial charge is 0.285 e. The summed E-state index contributed by atoms with van der Waals surface area (Å²) in [4.78, 5) is 26.8. The number of rotatable bonds is 8. The van der Waals surface area contributed by atoms with Crippen LogP contribution in [-0.2, 0) is 13.1 Å². The van der Waals surface area contributed by atoms with Crippen LogP contribution in [0.1, 0.15) is 20.8 Å². The molecule has 0 saturated carbocycles. The van der Waals surface area contributed by atoms with Gasteiger partial charge >= 0.3 is 0 Å². The molecule has 4 heterocycles. The highest BCUT2D eigenvalue weighted by molar-refractivity contribution is 7.16. The third kappa shape index (κ3) is 4.99. The summed E-state index contributed by atoms with van der Waals surface area (Å²) in [6, 6.07) is 14.2. The second-order valence-electron chi connectivity index (χ2n) is 7.94. The number of benzene rings is 1. The zero-order chi connectivity index (χ0) is 25.9. The molecule has 0 aliphatic carbocycles. The predicted molar refractivity (Wildman–Crippen MR) is 139 cm³/mol. The summed E-state index contributed by atoms with van der Waals surface area (Å²) in [5.74, 6) is -0.387. The first kappa shape index (κ1) is 24.3. The Morgan fingerprint density at radius 3 is 2.73 bits per heavy atom. The molecule has 0 aliphatic heterocycles. The van der Waals surface area contributed by atoms with Crippen molar-refractivity contribution in [3.63, 3.8) is 0 Å². The van der Waals surface area contributed by atoms with Crippen LogP contribution in [0.3, 0.4) is 0 Å². The number of pyridine rings is 1. The Morgan fingerprint density at radius 1 is 1.24 bits per heavy atom. The molecule has 0 saturated heterocycles. The monoisotopic (exact) mass is 537 g/mol. The van der Waals surface area contributed by atoms with Gasteiger partial charge in [0.2, 0.25) is 0 Å². The number of halogens is 1. The molecule has 0 amide bonds. The third-order valence-corrected chi connectivity index (χ3v) is 6.76. The fourth-order valence-electron chi connectivity index (χ4n) is 3.78. The van der Waals surface area contributed by atoms with Crippen molar-refractivity contribution in [2.24, 2.45) is 0 Å². The van der Waals surface area contributed by atoms with Gasteiger partial charge in [0.1, 0.15) is 23.3 Å². The van der Waals surface area contributed by atoms with Crippen molar-refractivity contribution in [3.8, 4) is 22.8 Å². The van der Waals surface area contributed by atoms with E-state index >= 15 is 0 Å². The van der Waals surface area contributed by atoms with E-state index in [-0.39, 0.29) is 40.7 Å². The summed E-state index contributed by atoms with van der Waals surface area (Å²) < 4.78 is 13.7. The van der Waals surface area contributed by atoms with Crippen LogP contribution in [0.25, 0.3) is 11.3 Å². The van der Waals surface area contributed by atoms with Gasteiger partial charge in [0.25, 0.3) is 11.5 Å². The summed E-state index contributed by atoms with van der Waals surface area (Å²) in [5.41, 5.74) is 1.05. The topological polar surface area (TPSA) is 124 Å². The summed E-state index contributed by atoms with van der Waals surface area (Å²) >= 11 is 7.45. The first-order valence-corrected chi connectivity index (χ1v) is 12.2. The average Bonchev–Trinajstić information content (AvgIpc) is 3.65. The zero-order valence-corrected chi connectivity index (χ0v) is 21.0. The number of thiophene rings is 1. The molecule has 10 nitrogen and oxygen atoms in total. The van der Waals surface area contributed by atoms with Crippen LogP contribution < -0.4 is 15.6 Å². The van der Waals surface area contributed by atoms with Gasteiger partial charge in [-0.25, -0.2) is 0 Å². The Bertz CT molecular complexity index is 1610.